The third-order valence-corrected chi connectivity index (χ3v) is 4.81. The second kappa shape index (κ2) is 8.52. The number of hydrogen-bond acceptors (Lipinski definition) is 4. The smallest absolute Gasteiger partial charge is 0.447 e. The van der Waals surface area contributed by atoms with Crippen LogP contribution in [0.2, 0.25) is 0 Å². The van der Waals surface area contributed by atoms with Gasteiger partial charge < -0.3 is 15.0 Å². The Bertz CT molecular complexity index is 1190. The summed E-state index contributed by atoms with van der Waals surface area (Å²) in [6, 6.07) is 14.5. The van der Waals surface area contributed by atoms with E-state index >= 15 is 0 Å². The number of rotatable bonds is 4. The SMILES string of the molecule is Cc1nc[n-]c1-c1cccc(C(C)(C)c2cccc(-c3[c-]cc(F)nc3F)n2)n1.[Pt+2]. The fraction of sp³-hybridized carbons (Fsp3) is 0.182. The van der Waals surface area contributed by atoms with E-state index in [-0.39, 0.29) is 26.6 Å². The summed E-state index contributed by atoms with van der Waals surface area (Å²) in [6.07, 6.45) is 1.51. The molecule has 4 aromatic rings. The van der Waals surface area contributed by atoms with Crippen molar-refractivity contribution in [1.82, 2.24) is 24.9 Å². The van der Waals surface area contributed by atoms with Gasteiger partial charge in [0.2, 0.25) is 0 Å². The normalized spacial score (nSPS) is 11.2. The minimum atomic E-state index is -0.946. The summed E-state index contributed by atoms with van der Waals surface area (Å²) < 4.78 is 27.2. The van der Waals surface area contributed by atoms with Crippen LogP contribution in [0.4, 0.5) is 8.78 Å². The Morgan fingerprint density at radius 1 is 0.933 bits per heavy atom. The molecule has 0 fully saturated rings. The van der Waals surface area contributed by atoms with Gasteiger partial charge in [0.25, 0.3) is 0 Å². The van der Waals surface area contributed by atoms with E-state index in [1.807, 2.05) is 45.0 Å². The number of imidazole rings is 1. The van der Waals surface area contributed by atoms with Crippen LogP contribution in [0.5, 0.6) is 0 Å². The molecule has 0 bridgehead atoms. The Hall–Kier alpha value is -2.79. The number of aryl methyl sites for hydroxylation is 1. The van der Waals surface area contributed by atoms with Crippen molar-refractivity contribution in [3.63, 3.8) is 0 Å². The van der Waals surface area contributed by atoms with Gasteiger partial charge in [-0.25, -0.2) is 8.78 Å². The van der Waals surface area contributed by atoms with E-state index in [0.717, 1.165) is 28.8 Å². The third-order valence-electron chi connectivity index (χ3n) is 4.81. The number of nitrogens with zero attached hydrogens (tertiary/aromatic N) is 5. The van der Waals surface area contributed by atoms with Crippen LogP contribution < -0.4 is 4.98 Å². The Labute approximate surface area is 187 Å². The summed E-state index contributed by atoms with van der Waals surface area (Å²) in [5, 5.41) is 0. The van der Waals surface area contributed by atoms with Gasteiger partial charge in [-0.15, -0.1) is 6.07 Å². The molecule has 0 aromatic carbocycles. The van der Waals surface area contributed by atoms with Gasteiger partial charge in [0.15, 0.2) is 0 Å². The molecule has 0 aliphatic rings. The van der Waals surface area contributed by atoms with E-state index in [1.54, 1.807) is 12.1 Å². The summed E-state index contributed by atoms with van der Waals surface area (Å²) in [5.41, 5.74) is 3.50. The third kappa shape index (κ3) is 4.08. The molecule has 0 atom stereocenters. The Kier molecular flexibility index (Phi) is 6.22. The van der Waals surface area contributed by atoms with Crippen LogP contribution in [0.3, 0.4) is 0 Å². The number of aromatic nitrogens is 5. The molecule has 0 saturated carbocycles. The van der Waals surface area contributed by atoms with Gasteiger partial charge in [0, 0.05) is 11.1 Å². The van der Waals surface area contributed by atoms with Crippen molar-refractivity contribution in [3.05, 3.63) is 83.8 Å². The molecule has 4 heterocycles. The molecule has 8 heteroatoms. The standard InChI is InChI=1S/C22H17F2N5.Pt/c1-13-20(26-12-25-13)16-7-5-9-18(28-16)22(2,3)17-8-4-6-15(27-17)14-10-11-19(23)29-21(14)24;/h4-9,11-12H,1-3H3;/q-2;+2. The molecule has 0 N–H and O–H groups in total. The Morgan fingerprint density at radius 3 is 2.17 bits per heavy atom. The first-order valence-corrected chi connectivity index (χ1v) is 9.00. The summed E-state index contributed by atoms with van der Waals surface area (Å²) in [7, 11) is 0. The van der Waals surface area contributed by atoms with Gasteiger partial charge in [-0.1, -0.05) is 41.9 Å². The van der Waals surface area contributed by atoms with Crippen LogP contribution in [0.15, 0.2) is 48.8 Å². The van der Waals surface area contributed by atoms with Crippen LogP contribution in [0.25, 0.3) is 22.6 Å². The molecule has 4 aromatic heterocycles. The zero-order valence-corrected chi connectivity index (χ0v) is 18.7. The average molecular weight is 584 g/mol. The van der Waals surface area contributed by atoms with Crippen molar-refractivity contribution in [2.24, 2.45) is 0 Å². The maximum absolute atomic E-state index is 14.1. The summed E-state index contributed by atoms with van der Waals surface area (Å²) in [4.78, 5) is 21.0. The molecule has 154 valence electrons. The van der Waals surface area contributed by atoms with Gasteiger partial charge >= 0.3 is 21.1 Å². The van der Waals surface area contributed by atoms with Crippen molar-refractivity contribution < 1.29 is 29.8 Å². The zero-order chi connectivity index (χ0) is 20.6. The predicted octanol–water partition coefficient (Wildman–Crippen LogP) is 4.27. The van der Waals surface area contributed by atoms with Gasteiger partial charge in [0.05, 0.1) is 11.4 Å². The first-order valence-electron chi connectivity index (χ1n) is 9.00. The molecule has 0 aliphatic carbocycles. The topological polar surface area (TPSA) is 65.7 Å². The molecule has 0 spiro atoms. The number of hydrogen-bond donors (Lipinski definition) is 0. The van der Waals surface area contributed by atoms with E-state index in [4.69, 9.17) is 4.98 Å². The van der Waals surface area contributed by atoms with Crippen molar-refractivity contribution in [3.8, 4) is 22.6 Å². The second-order valence-corrected chi connectivity index (χ2v) is 7.14. The number of halogens is 2. The maximum Gasteiger partial charge on any atom is 2.00 e. The van der Waals surface area contributed by atoms with E-state index in [0.29, 0.717) is 11.4 Å². The first-order chi connectivity index (χ1) is 13.9. The quantitative estimate of drug-likeness (QED) is 0.265. The maximum atomic E-state index is 14.1. The molecule has 5 nitrogen and oxygen atoms in total. The average Bonchev–Trinajstić information content (AvgIpc) is 3.14. The molecule has 0 aliphatic heterocycles. The molecule has 0 unspecified atom stereocenters. The molecule has 0 amide bonds. The zero-order valence-electron chi connectivity index (χ0n) is 16.4. The van der Waals surface area contributed by atoms with Crippen molar-refractivity contribution >= 4 is 0 Å². The van der Waals surface area contributed by atoms with E-state index < -0.39 is 17.3 Å². The molecule has 0 saturated heterocycles. The Morgan fingerprint density at radius 2 is 1.57 bits per heavy atom. The molecular formula is C22H17F2N5Pt. The van der Waals surface area contributed by atoms with Crippen molar-refractivity contribution in [1.29, 1.82) is 0 Å². The summed E-state index contributed by atoms with van der Waals surface area (Å²) >= 11 is 0. The minimum absolute atomic E-state index is 0. The van der Waals surface area contributed by atoms with Gasteiger partial charge in [-0.05, 0) is 50.4 Å². The van der Waals surface area contributed by atoms with Crippen LogP contribution in [-0.2, 0) is 26.5 Å². The minimum Gasteiger partial charge on any atom is -0.447 e. The Balaban J connectivity index is 0.00000256. The largest absolute Gasteiger partial charge is 2.00 e. The fourth-order valence-electron chi connectivity index (χ4n) is 3.10. The van der Waals surface area contributed by atoms with Crippen LogP contribution in [-0.4, -0.2) is 19.9 Å². The molecular weight excluding hydrogens is 567 g/mol. The first kappa shape index (κ1) is 21.9. The molecule has 0 radical (unpaired) electrons. The van der Waals surface area contributed by atoms with Crippen LogP contribution in [0.1, 0.15) is 30.9 Å². The fourth-order valence-corrected chi connectivity index (χ4v) is 3.10. The van der Waals surface area contributed by atoms with Crippen LogP contribution in [0, 0.1) is 24.9 Å². The second-order valence-electron chi connectivity index (χ2n) is 7.14. The molecule has 30 heavy (non-hydrogen) atoms. The summed E-state index contributed by atoms with van der Waals surface area (Å²) in [6.45, 7) is 5.85. The molecule has 4 rings (SSSR count). The van der Waals surface area contributed by atoms with Gasteiger partial charge in [-0.3, -0.25) is 9.97 Å². The van der Waals surface area contributed by atoms with E-state index in [9.17, 15) is 8.78 Å². The number of pyridine rings is 3. The monoisotopic (exact) mass is 584 g/mol. The van der Waals surface area contributed by atoms with Crippen molar-refractivity contribution in [2.75, 3.05) is 0 Å². The summed E-state index contributed by atoms with van der Waals surface area (Å²) in [5.74, 6) is -1.87. The van der Waals surface area contributed by atoms with Crippen molar-refractivity contribution in [2.45, 2.75) is 26.2 Å². The van der Waals surface area contributed by atoms with E-state index in [2.05, 4.69) is 26.0 Å². The predicted molar refractivity (Wildman–Crippen MR) is 104 cm³/mol. The van der Waals surface area contributed by atoms with Gasteiger partial charge in [0.1, 0.15) is 11.9 Å². The van der Waals surface area contributed by atoms with Gasteiger partial charge in [-0.2, -0.15) is 0 Å². The van der Waals surface area contributed by atoms with Crippen LogP contribution >= 0.6 is 0 Å². The van der Waals surface area contributed by atoms with E-state index in [1.165, 1.54) is 6.33 Å².